The molecule has 0 radical (unpaired) electrons. The summed E-state index contributed by atoms with van der Waals surface area (Å²) in [4.78, 5) is 4.07. The average Bonchev–Trinajstić information content (AvgIpc) is 2.29. The van der Waals surface area contributed by atoms with Gasteiger partial charge in [0.1, 0.15) is 3.61 Å². The van der Waals surface area contributed by atoms with Gasteiger partial charge in [-0.05, 0) is 41.1 Å². The number of hydrogen-bond acceptors (Lipinski definition) is 2. The molecular formula is C8H8INO. The monoisotopic (exact) mass is 261 g/mol. The average molecular weight is 261 g/mol. The highest BCUT2D eigenvalue weighted by atomic mass is 127. The molecule has 2 nitrogen and oxygen atoms in total. The summed E-state index contributed by atoms with van der Waals surface area (Å²) in [5, 5.41) is 0. The highest BCUT2D eigenvalue weighted by molar-refractivity contribution is 14.1. The van der Waals surface area contributed by atoms with Crippen LogP contribution in [0.3, 0.4) is 0 Å². The van der Waals surface area contributed by atoms with Crippen molar-refractivity contribution in [2.24, 2.45) is 0 Å². The van der Waals surface area contributed by atoms with Crippen LogP contribution in [0.1, 0.15) is 18.1 Å². The van der Waals surface area contributed by atoms with Gasteiger partial charge in [0, 0.05) is 18.0 Å². The van der Waals surface area contributed by atoms with Crippen LogP contribution in [0.5, 0.6) is 0 Å². The van der Waals surface area contributed by atoms with E-state index in [1.165, 1.54) is 11.1 Å². The smallest absolute Gasteiger partial charge is 0.143 e. The molecule has 0 bridgehead atoms. The van der Waals surface area contributed by atoms with Gasteiger partial charge in [-0.25, -0.2) is 0 Å². The zero-order chi connectivity index (χ0) is 7.90. The van der Waals surface area contributed by atoms with Crippen molar-refractivity contribution in [2.45, 2.75) is 17.1 Å². The van der Waals surface area contributed by atoms with Crippen LogP contribution in [-0.4, -0.2) is 4.98 Å². The topological polar surface area (TPSA) is 22.1 Å². The second kappa shape index (κ2) is 2.42. The highest BCUT2D eigenvalue weighted by Gasteiger charge is 2.32. The first-order chi connectivity index (χ1) is 5.20. The van der Waals surface area contributed by atoms with Gasteiger partial charge < -0.3 is 4.74 Å². The van der Waals surface area contributed by atoms with Crippen LogP contribution in [0.15, 0.2) is 18.5 Å². The van der Waals surface area contributed by atoms with E-state index in [1.807, 2.05) is 12.3 Å². The fourth-order valence-corrected chi connectivity index (χ4v) is 1.88. The Balaban J connectivity index is 2.56. The summed E-state index contributed by atoms with van der Waals surface area (Å²) in [6.45, 7) is 2.78. The molecule has 58 valence electrons. The molecule has 0 fully saturated rings. The summed E-state index contributed by atoms with van der Waals surface area (Å²) in [5.74, 6) is 0. The minimum atomic E-state index is -0.165. The number of rotatable bonds is 0. The molecule has 0 saturated heterocycles. The number of hydrogen-bond donors (Lipinski definition) is 0. The maximum atomic E-state index is 5.56. The minimum Gasteiger partial charge on any atom is -0.356 e. The maximum absolute atomic E-state index is 5.56. The molecule has 2 rings (SSSR count). The quantitative estimate of drug-likeness (QED) is 0.527. The van der Waals surface area contributed by atoms with Crippen LogP contribution in [0.2, 0.25) is 0 Å². The molecule has 1 aliphatic rings. The number of aromatic nitrogens is 1. The molecule has 1 atom stereocenters. The van der Waals surface area contributed by atoms with Crippen LogP contribution >= 0.6 is 22.6 Å². The zero-order valence-corrected chi connectivity index (χ0v) is 8.33. The number of fused-ring (bicyclic) bond motifs is 1. The van der Waals surface area contributed by atoms with Crippen LogP contribution in [0.4, 0.5) is 0 Å². The SMILES string of the molecule is CC1(I)OCc2ccncc21. The van der Waals surface area contributed by atoms with E-state index in [4.69, 9.17) is 4.74 Å². The normalized spacial score (nSPS) is 28.5. The molecule has 0 N–H and O–H groups in total. The summed E-state index contributed by atoms with van der Waals surface area (Å²) < 4.78 is 5.39. The minimum absolute atomic E-state index is 0.165. The third-order valence-corrected chi connectivity index (χ3v) is 2.78. The van der Waals surface area contributed by atoms with Gasteiger partial charge in [0.2, 0.25) is 0 Å². The van der Waals surface area contributed by atoms with Gasteiger partial charge in [0.15, 0.2) is 0 Å². The van der Waals surface area contributed by atoms with Crippen LogP contribution in [0, 0.1) is 0 Å². The largest absolute Gasteiger partial charge is 0.356 e. The summed E-state index contributed by atoms with van der Waals surface area (Å²) in [6, 6.07) is 2.01. The fourth-order valence-electron chi connectivity index (χ4n) is 1.24. The molecule has 1 aromatic heterocycles. The van der Waals surface area contributed by atoms with Crippen molar-refractivity contribution in [2.75, 3.05) is 0 Å². The molecule has 0 aliphatic carbocycles. The van der Waals surface area contributed by atoms with Crippen LogP contribution < -0.4 is 0 Å². The predicted molar refractivity (Wildman–Crippen MR) is 50.4 cm³/mol. The van der Waals surface area contributed by atoms with Crippen LogP contribution in [-0.2, 0) is 15.0 Å². The van der Waals surface area contributed by atoms with E-state index in [-0.39, 0.29) is 3.61 Å². The van der Waals surface area contributed by atoms with Gasteiger partial charge in [-0.15, -0.1) is 0 Å². The number of ether oxygens (including phenoxy) is 1. The lowest BCUT2D eigenvalue weighted by Gasteiger charge is -2.14. The van der Waals surface area contributed by atoms with E-state index in [0.29, 0.717) is 0 Å². The fraction of sp³-hybridized carbons (Fsp3) is 0.375. The van der Waals surface area contributed by atoms with Gasteiger partial charge in [0.25, 0.3) is 0 Å². The lowest BCUT2D eigenvalue weighted by Crippen LogP contribution is -2.09. The first-order valence-electron chi connectivity index (χ1n) is 3.46. The van der Waals surface area contributed by atoms with Crippen molar-refractivity contribution < 1.29 is 4.74 Å². The Morgan fingerprint density at radius 2 is 2.55 bits per heavy atom. The molecular weight excluding hydrogens is 253 g/mol. The van der Waals surface area contributed by atoms with E-state index < -0.39 is 0 Å². The van der Waals surface area contributed by atoms with E-state index in [0.717, 1.165) is 6.61 Å². The van der Waals surface area contributed by atoms with E-state index >= 15 is 0 Å². The second-order valence-corrected chi connectivity index (χ2v) is 4.80. The molecule has 1 unspecified atom stereocenters. The van der Waals surface area contributed by atoms with Crippen molar-refractivity contribution in [3.63, 3.8) is 0 Å². The number of nitrogens with zero attached hydrogens (tertiary/aromatic N) is 1. The lowest BCUT2D eigenvalue weighted by atomic mass is 10.1. The molecule has 1 aliphatic heterocycles. The van der Waals surface area contributed by atoms with Gasteiger partial charge in [-0.1, -0.05) is 0 Å². The maximum Gasteiger partial charge on any atom is 0.143 e. The first-order valence-corrected chi connectivity index (χ1v) is 4.54. The molecule has 1 aromatic rings. The highest BCUT2D eigenvalue weighted by Crippen LogP contribution is 2.40. The van der Waals surface area contributed by atoms with Crippen molar-refractivity contribution in [3.8, 4) is 0 Å². The Bertz CT molecular complexity index is 285. The second-order valence-electron chi connectivity index (χ2n) is 2.74. The predicted octanol–water partition coefficient (Wildman–Crippen LogP) is 2.22. The van der Waals surface area contributed by atoms with Gasteiger partial charge >= 0.3 is 0 Å². The van der Waals surface area contributed by atoms with Gasteiger partial charge in [0.05, 0.1) is 6.61 Å². The summed E-state index contributed by atoms with van der Waals surface area (Å²) in [6.07, 6.45) is 3.69. The molecule has 3 heteroatoms. The Morgan fingerprint density at radius 3 is 3.27 bits per heavy atom. The van der Waals surface area contributed by atoms with Crippen molar-refractivity contribution >= 4 is 22.6 Å². The Morgan fingerprint density at radius 1 is 1.73 bits per heavy atom. The zero-order valence-electron chi connectivity index (χ0n) is 6.17. The van der Waals surface area contributed by atoms with E-state index in [2.05, 4.69) is 34.5 Å². The van der Waals surface area contributed by atoms with Crippen molar-refractivity contribution in [1.29, 1.82) is 0 Å². The standard InChI is InChI=1S/C8H8INO/c1-8(9)7-4-10-3-2-6(7)5-11-8/h2-4H,5H2,1H3. The first kappa shape index (κ1) is 7.49. The van der Waals surface area contributed by atoms with E-state index in [9.17, 15) is 0 Å². The Hall–Kier alpha value is -0.160. The molecule has 0 aromatic carbocycles. The molecule has 0 spiro atoms. The molecule has 0 amide bonds. The Kier molecular flexibility index (Phi) is 1.64. The number of alkyl halides is 1. The van der Waals surface area contributed by atoms with Crippen molar-refractivity contribution in [1.82, 2.24) is 4.98 Å². The van der Waals surface area contributed by atoms with E-state index in [1.54, 1.807) is 6.20 Å². The lowest BCUT2D eigenvalue weighted by molar-refractivity contribution is 0.0646. The van der Waals surface area contributed by atoms with Gasteiger partial charge in [-0.2, -0.15) is 0 Å². The summed E-state index contributed by atoms with van der Waals surface area (Å²) in [7, 11) is 0. The molecule has 0 saturated carbocycles. The summed E-state index contributed by atoms with van der Waals surface area (Å²) >= 11 is 2.30. The third-order valence-electron chi connectivity index (χ3n) is 1.89. The molecule has 11 heavy (non-hydrogen) atoms. The van der Waals surface area contributed by atoms with Crippen LogP contribution in [0.25, 0.3) is 0 Å². The Labute approximate surface area is 79.1 Å². The van der Waals surface area contributed by atoms with Crippen molar-refractivity contribution in [3.05, 3.63) is 29.6 Å². The molecule has 2 heterocycles. The number of halogens is 1. The third kappa shape index (κ3) is 1.16. The summed E-state index contributed by atoms with van der Waals surface area (Å²) in [5.41, 5.74) is 2.47. The number of pyridine rings is 1. The van der Waals surface area contributed by atoms with Gasteiger partial charge in [-0.3, -0.25) is 4.98 Å².